The fourth-order valence-electron chi connectivity index (χ4n) is 3.79. The molecule has 3 aromatic carbocycles. The fourth-order valence-corrected chi connectivity index (χ4v) is 5.24. The molecule has 1 unspecified atom stereocenters. The molecule has 0 aliphatic rings. The van der Waals surface area contributed by atoms with Gasteiger partial charge in [-0.2, -0.15) is 13.2 Å². The van der Waals surface area contributed by atoms with E-state index in [9.17, 15) is 17.4 Å². The first-order chi connectivity index (χ1) is 17.3. The normalized spacial score (nSPS) is 12.4. The molecule has 0 saturated heterocycles. The molecule has 0 radical (unpaired) electrons. The quantitative estimate of drug-likeness (QED) is 0.270. The van der Waals surface area contributed by atoms with Crippen LogP contribution in [0.3, 0.4) is 0 Å². The van der Waals surface area contributed by atoms with Gasteiger partial charge in [0.25, 0.3) is 0 Å². The number of benzene rings is 3. The van der Waals surface area contributed by atoms with Crippen LogP contribution in [0, 0.1) is 0 Å². The Kier molecular flexibility index (Phi) is 6.42. The smallest absolute Gasteiger partial charge is 0.416 e. The van der Waals surface area contributed by atoms with Gasteiger partial charge in [0.2, 0.25) is 5.13 Å². The standard InChI is InChI=1S/C25H17F3N4O2S2/c1-34-22-8-5-16(15-3-2-4-18(11-15)25(26,27)28)13-21(22)23-20-7-6-19(12-17(20)9-10-29-23)36(33)32-24-31-30-14-35-24/h2-14H,1H3,(H,31,32). The summed E-state index contributed by atoms with van der Waals surface area (Å²) in [4.78, 5) is 5.09. The molecule has 1 N–H and O–H groups in total. The molecule has 182 valence electrons. The van der Waals surface area contributed by atoms with E-state index in [4.69, 9.17) is 4.74 Å². The number of methoxy groups -OCH3 is 1. The molecule has 2 aromatic heterocycles. The minimum atomic E-state index is -4.44. The second-order valence-electron chi connectivity index (χ2n) is 7.65. The number of nitrogens with zero attached hydrogens (tertiary/aromatic N) is 3. The fraction of sp³-hybridized carbons (Fsp3) is 0.0800. The molecule has 1 atom stereocenters. The number of ether oxygens (including phenoxy) is 1. The Bertz CT molecular complexity index is 1570. The van der Waals surface area contributed by atoms with E-state index in [-0.39, 0.29) is 0 Å². The maximum atomic E-state index is 13.3. The van der Waals surface area contributed by atoms with Gasteiger partial charge in [-0.15, -0.1) is 10.2 Å². The highest BCUT2D eigenvalue weighted by Gasteiger charge is 2.30. The van der Waals surface area contributed by atoms with Crippen LogP contribution < -0.4 is 9.46 Å². The summed E-state index contributed by atoms with van der Waals surface area (Å²) in [5.74, 6) is 0.524. The molecule has 0 aliphatic heterocycles. The lowest BCUT2D eigenvalue weighted by Crippen LogP contribution is -2.04. The van der Waals surface area contributed by atoms with E-state index >= 15 is 0 Å². The number of pyridine rings is 1. The zero-order chi connectivity index (χ0) is 25.3. The van der Waals surface area contributed by atoms with E-state index in [2.05, 4.69) is 19.9 Å². The summed E-state index contributed by atoms with van der Waals surface area (Å²) in [6.07, 6.45) is -2.82. The van der Waals surface area contributed by atoms with Crippen molar-refractivity contribution in [2.24, 2.45) is 0 Å². The Morgan fingerprint density at radius 1 is 1.00 bits per heavy atom. The summed E-state index contributed by atoms with van der Waals surface area (Å²) in [6.45, 7) is 0. The molecule has 0 bridgehead atoms. The molecular formula is C25H17F3N4O2S2. The molecule has 5 aromatic rings. The van der Waals surface area contributed by atoms with Crippen LogP contribution in [0.15, 0.2) is 83.3 Å². The number of fused-ring (bicyclic) bond motifs is 1. The molecule has 0 fully saturated rings. The average Bonchev–Trinajstić information content (AvgIpc) is 3.40. The van der Waals surface area contributed by atoms with E-state index in [1.807, 2.05) is 6.07 Å². The van der Waals surface area contributed by atoms with Gasteiger partial charge in [0, 0.05) is 17.1 Å². The third-order valence-corrected chi connectivity index (χ3v) is 7.26. The number of aromatic nitrogens is 3. The van der Waals surface area contributed by atoms with Crippen LogP contribution >= 0.6 is 11.3 Å². The number of alkyl halides is 3. The van der Waals surface area contributed by atoms with E-state index in [0.717, 1.165) is 22.9 Å². The lowest BCUT2D eigenvalue weighted by atomic mass is 9.97. The van der Waals surface area contributed by atoms with Crippen LogP contribution in [0.1, 0.15) is 5.56 Å². The van der Waals surface area contributed by atoms with Gasteiger partial charge in [-0.25, -0.2) is 4.21 Å². The Morgan fingerprint density at radius 3 is 2.58 bits per heavy atom. The summed E-state index contributed by atoms with van der Waals surface area (Å²) < 4.78 is 60.9. The monoisotopic (exact) mass is 526 g/mol. The molecule has 2 heterocycles. The predicted molar refractivity (Wildman–Crippen MR) is 134 cm³/mol. The van der Waals surface area contributed by atoms with E-state index in [0.29, 0.717) is 38.2 Å². The third-order valence-electron chi connectivity index (χ3n) is 5.47. The van der Waals surface area contributed by atoms with Crippen molar-refractivity contribution >= 4 is 38.2 Å². The zero-order valence-corrected chi connectivity index (χ0v) is 20.2. The van der Waals surface area contributed by atoms with Gasteiger partial charge in [-0.3, -0.25) is 9.71 Å². The van der Waals surface area contributed by atoms with Gasteiger partial charge < -0.3 is 4.74 Å². The number of rotatable bonds is 6. The number of halogens is 3. The number of anilines is 1. The largest absolute Gasteiger partial charge is 0.496 e. The van der Waals surface area contributed by atoms with Crippen LogP contribution in [-0.4, -0.2) is 26.5 Å². The molecule has 36 heavy (non-hydrogen) atoms. The van der Waals surface area contributed by atoms with Gasteiger partial charge in [-0.05, 0) is 59.0 Å². The summed E-state index contributed by atoms with van der Waals surface area (Å²) >= 11 is 1.24. The number of hydrogen-bond acceptors (Lipinski definition) is 6. The van der Waals surface area contributed by atoms with Gasteiger partial charge in [-0.1, -0.05) is 35.6 Å². The van der Waals surface area contributed by atoms with E-state index in [1.54, 1.807) is 54.2 Å². The molecule has 0 saturated carbocycles. The lowest BCUT2D eigenvalue weighted by Gasteiger charge is -2.14. The Morgan fingerprint density at radius 2 is 1.83 bits per heavy atom. The Balaban J connectivity index is 1.57. The summed E-state index contributed by atoms with van der Waals surface area (Å²) in [7, 11) is -0.0211. The van der Waals surface area contributed by atoms with Crippen molar-refractivity contribution in [3.05, 3.63) is 84.0 Å². The second kappa shape index (κ2) is 9.67. The van der Waals surface area contributed by atoms with Gasteiger partial charge in [0.05, 0.1) is 23.3 Å². The van der Waals surface area contributed by atoms with Crippen molar-refractivity contribution in [2.45, 2.75) is 11.1 Å². The summed E-state index contributed by atoms with van der Waals surface area (Å²) in [5, 5.41) is 9.57. The first kappa shape index (κ1) is 23.9. The van der Waals surface area contributed by atoms with E-state index in [1.165, 1.54) is 24.5 Å². The minimum absolute atomic E-state index is 0.425. The van der Waals surface area contributed by atoms with Crippen molar-refractivity contribution in [3.63, 3.8) is 0 Å². The highest BCUT2D eigenvalue weighted by Crippen LogP contribution is 2.38. The summed E-state index contributed by atoms with van der Waals surface area (Å²) in [6, 6.07) is 17.5. The number of nitrogens with one attached hydrogen (secondary N) is 1. The maximum absolute atomic E-state index is 13.3. The second-order valence-corrected chi connectivity index (χ2v) is 9.70. The summed E-state index contributed by atoms with van der Waals surface area (Å²) in [5.41, 5.74) is 3.05. The van der Waals surface area contributed by atoms with Gasteiger partial charge in [0.15, 0.2) is 11.0 Å². The molecule has 5 rings (SSSR count). The van der Waals surface area contributed by atoms with Gasteiger partial charge >= 0.3 is 6.18 Å². The zero-order valence-electron chi connectivity index (χ0n) is 18.6. The van der Waals surface area contributed by atoms with E-state index < -0.39 is 22.7 Å². The van der Waals surface area contributed by atoms with Crippen molar-refractivity contribution < 1.29 is 22.1 Å². The maximum Gasteiger partial charge on any atom is 0.416 e. The van der Waals surface area contributed by atoms with Crippen LogP contribution in [0.25, 0.3) is 33.2 Å². The SMILES string of the molecule is COc1ccc(-c2cccc(C(F)(F)F)c2)cc1-c1nccc2cc(S(=O)Nc3nncs3)ccc12. The van der Waals surface area contributed by atoms with Crippen LogP contribution in [0.5, 0.6) is 5.75 Å². The molecular weight excluding hydrogens is 509 g/mol. The number of hydrogen-bond donors (Lipinski definition) is 1. The molecule has 0 amide bonds. The van der Waals surface area contributed by atoms with Crippen LogP contribution in [-0.2, 0) is 17.2 Å². The van der Waals surface area contributed by atoms with Crippen LogP contribution in [0.4, 0.5) is 18.3 Å². The first-order valence-electron chi connectivity index (χ1n) is 10.5. The van der Waals surface area contributed by atoms with Gasteiger partial charge in [0.1, 0.15) is 11.3 Å². The topological polar surface area (TPSA) is 77.0 Å². The average molecular weight is 527 g/mol. The Hall–Kier alpha value is -3.83. The van der Waals surface area contributed by atoms with Crippen molar-refractivity contribution in [2.75, 3.05) is 11.8 Å². The molecule has 6 nitrogen and oxygen atoms in total. The van der Waals surface area contributed by atoms with Crippen molar-refractivity contribution in [3.8, 4) is 28.1 Å². The highest BCUT2D eigenvalue weighted by atomic mass is 32.2. The highest BCUT2D eigenvalue weighted by molar-refractivity contribution is 7.86. The first-order valence-corrected chi connectivity index (χ1v) is 12.6. The molecule has 11 heteroatoms. The third kappa shape index (κ3) is 4.79. The molecule has 0 aliphatic carbocycles. The molecule has 0 spiro atoms. The van der Waals surface area contributed by atoms with Crippen molar-refractivity contribution in [1.29, 1.82) is 0 Å². The minimum Gasteiger partial charge on any atom is -0.496 e. The Labute approximate surface area is 210 Å². The lowest BCUT2D eigenvalue weighted by molar-refractivity contribution is -0.137. The predicted octanol–water partition coefficient (Wildman–Crippen LogP) is 6.58. The van der Waals surface area contributed by atoms with Crippen LogP contribution in [0.2, 0.25) is 0 Å². The van der Waals surface area contributed by atoms with Crippen molar-refractivity contribution in [1.82, 2.24) is 15.2 Å².